The van der Waals surface area contributed by atoms with Crippen LogP contribution < -0.4 is 0 Å². The van der Waals surface area contributed by atoms with Gasteiger partial charge in [-0.3, -0.25) is 0 Å². The Balaban J connectivity index is 0.000000336. The summed E-state index contributed by atoms with van der Waals surface area (Å²) in [7, 11) is 0. The van der Waals surface area contributed by atoms with Gasteiger partial charge in [0, 0.05) is 17.8 Å². The SMILES string of the molecule is CC.Cc1c[nH]c2ncncc12. The van der Waals surface area contributed by atoms with Gasteiger partial charge in [-0.25, -0.2) is 9.97 Å². The van der Waals surface area contributed by atoms with Crippen LogP contribution in [0, 0.1) is 6.92 Å². The Labute approximate surface area is 71.9 Å². The maximum Gasteiger partial charge on any atom is 0.140 e. The third-order valence-electron chi connectivity index (χ3n) is 1.56. The molecule has 12 heavy (non-hydrogen) atoms. The molecule has 0 aliphatic carbocycles. The van der Waals surface area contributed by atoms with Crippen LogP contribution in [-0.4, -0.2) is 15.0 Å². The van der Waals surface area contributed by atoms with Gasteiger partial charge in [-0.1, -0.05) is 13.8 Å². The maximum atomic E-state index is 4.04. The van der Waals surface area contributed by atoms with Crippen LogP contribution in [-0.2, 0) is 0 Å². The average molecular weight is 163 g/mol. The number of aromatic amines is 1. The number of H-pyrrole nitrogens is 1. The van der Waals surface area contributed by atoms with Gasteiger partial charge in [0.25, 0.3) is 0 Å². The van der Waals surface area contributed by atoms with E-state index in [1.54, 1.807) is 0 Å². The van der Waals surface area contributed by atoms with E-state index in [1.807, 2.05) is 33.2 Å². The predicted molar refractivity (Wildman–Crippen MR) is 50.0 cm³/mol. The van der Waals surface area contributed by atoms with Crippen molar-refractivity contribution < 1.29 is 0 Å². The van der Waals surface area contributed by atoms with Crippen LogP contribution in [0.3, 0.4) is 0 Å². The minimum absolute atomic E-state index is 0.910. The van der Waals surface area contributed by atoms with E-state index >= 15 is 0 Å². The summed E-state index contributed by atoms with van der Waals surface area (Å²) in [5.74, 6) is 0. The largest absolute Gasteiger partial charge is 0.346 e. The lowest BCUT2D eigenvalue weighted by molar-refractivity contribution is 1.20. The molecule has 0 aromatic carbocycles. The highest BCUT2D eigenvalue weighted by Crippen LogP contribution is 2.11. The first-order chi connectivity index (χ1) is 5.88. The Morgan fingerprint density at radius 3 is 2.75 bits per heavy atom. The molecule has 3 heteroatoms. The van der Waals surface area contributed by atoms with Crippen LogP contribution in [0.5, 0.6) is 0 Å². The van der Waals surface area contributed by atoms with Crippen molar-refractivity contribution in [2.24, 2.45) is 0 Å². The number of hydrogen-bond donors (Lipinski definition) is 1. The topological polar surface area (TPSA) is 41.6 Å². The first-order valence-electron chi connectivity index (χ1n) is 4.11. The summed E-state index contributed by atoms with van der Waals surface area (Å²) in [4.78, 5) is 11.0. The molecule has 2 rings (SSSR count). The minimum atomic E-state index is 0.910. The number of hydrogen-bond acceptors (Lipinski definition) is 2. The van der Waals surface area contributed by atoms with Crippen LogP contribution in [0.15, 0.2) is 18.7 Å². The van der Waals surface area contributed by atoms with Crippen LogP contribution >= 0.6 is 0 Å². The molecule has 0 fully saturated rings. The van der Waals surface area contributed by atoms with Crippen LogP contribution in [0.2, 0.25) is 0 Å². The zero-order valence-electron chi connectivity index (χ0n) is 7.63. The third-order valence-corrected chi connectivity index (χ3v) is 1.56. The lowest BCUT2D eigenvalue weighted by Gasteiger charge is -1.85. The number of nitrogens with zero attached hydrogens (tertiary/aromatic N) is 2. The molecule has 2 aromatic rings. The van der Waals surface area contributed by atoms with Crippen molar-refractivity contribution in [1.29, 1.82) is 0 Å². The Kier molecular flexibility index (Phi) is 2.80. The van der Waals surface area contributed by atoms with E-state index in [0.717, 1.165) is 11.0 Å². The summed E-state index contributed by atoms with van der Waals surface area (Å²) in [6.07, 6.45) is 5.28. The van der Waals surface area contributed by atoms with Gasteiger partial charge in [0.05, 0.1) is 0 Å². The fraction of sp³-hybridized carbons (Fsp3) is 0.333. The lowest BCUT2D eigenvalue weighted by atomic mass is 10.3. The molecule has 0 unspecified atom stereocenters. The number of nitrogens with one attached hydrogen (secondary N) is 1. The number of rotatable bonds is 0. The first kappa shape index (κ1) is 8.71. The predicted octanol–water partition coefficient (Wildman–Crippen LogP) is 2.29. The Bertz CT molecular complexity index is 351. The summed E-state index contributed by atoms with van der Waals surface area (Å²) >= 11 is 0. The normalized spacial score (nSPS) is 9.25. The molecule has 0 radical (unpaired) electrons. The smallest absolute Gasteiger partial charge is 0.140 e. The van der Waals surface area contributed by atoms with E-state index in [2.05, 4.69) is 15.0 Å². The van der Waals surface area contributed by atoms with Crippen molar-refractivity contribution >= 4 is 11.0 Å². The highest BCUT2D eigenvalue weighted by Gasteiger charge is 1.96. The Morgan fingerprint density at radius 2 is 2.08 bits per heavy atom. The van der Waals surface area contributed by atoms with Gasteiger partial charge in [-0.15, -0.1) is 0 Å². The Morgan fingerprint density at radius 1 is 1.33 bits per heavy atom. The second-order valence-electron chi connectivity index (χ2n) is 2.26. The molecule has 0 spiro atoms. The lowest BCUT2D eigenvalue weighted by Crippen LogP contribution is -1.76. The summed E-state index contributed by atoms with van der Waals surface area (Å²) in [5.41, 5.74) is 2.10. The molecular formula is C9H13N3. The van der Waals surface area contributed by atoms with Crippen LogP contribution in [0.4, 0.5) is 0 Å². The van der Waals surface area contributed by atoms with Gasteiger partial charge in [-0.2, -0.15) is 0 Å². The molecular weight excluding hydrogens is 150 g/mol. The van der Waals surface area contributed by atoms with Crippen molar-refractivity contribution in [3.63, 3.8) is 0 Å². The minimum Gasteiger partial charge on any atom is -0.346 e. The second kappa shape index (κ2) is 3.85. The number of fused-ring (bicyclic) bond motifs is 1. The van der Waals surface area contributed by atoms with Gasteiger partial charge in [-0.05, 0) is 12.5 Å². The maximum absolute atomic E-state index is 4.04. The Hall–Kier alpha value is -1.38. The van der Waals surface area contributed by atoms with E-state index in [9.17, 15) is 0 Å². The van der Waals surface area contributed by atoms with Gasteiger partial charge in [0.15, 0.2) is 0 Å². The molecule has 0 atom stereocenters. The molecule has 0 saturated heterocycles. The van der Waals surface area contributed by atoms with Gasteiger partial charge in [0.1, 0.15) is 12.0 Å². The molecule has 1 N–H and O–H groups in total. The molecule has 3 nitrogen and oxygen atoms in total. The quantitative estimate of drug-likeness (QED) is 0.647. The van der Waals surface area contributed by atoms with Gasteiger partial charge < -0.3 is 4.98 Å². The van der Waals surface area contributed by atoms with E-state index in [1.165, 1.54) is 11.9 Å². The molecule has 64 valence electrons. The number of aromatic nitrogens is 3. The van der Waals surface area contributed by atoms with Crippen LogP contribution in [0.1, 0.15) is 19.4 Å². The fourth-order valence-electron chi connectivity index (χ4n) is 0.988. The molecule has 0 aliphatic heterocycles. The van der Waals surface area contributed by atoms with Crippen molar-refractivity contribution in [1.82, 2.24) is 15.0 Å². The highest BCUT2D eigenvalue weighted by molar-refractivity contribution is 5.77. The summed E-state index contributed by atoms with van der Waals surface area (Å²) in [6.45, 7) is 6.03. The zero-order chi connectivity index (χ0) is 8.97. The van der Waals surface area contributed by atoms with Crippen molar-refractivity contribution in [2.75, 3.05) is 0 Å². The summed E-state index contributed by atoms with van der Waals surface area (Å²) in [6, 6.07) is 0. The molecule has 0 amide bonds. The summed E-state index contributed by atoms with van der Waals surface area (Å²) in [5, 5.41) is 1.10. The standard InChI is InChI=1S/C7H7N3.C2H6/c1-5-2-9-7-6(5)3-8-4-10-7;1-2/h2-4H,1H3,(H,8,9,10);1-2H3. The fourth-order valence-corrected chi connectivity index (χ4v) is 0.988. The second-order valence-corrected chi connectivity index (χ2v) is 2.26. The monoisotopic (exact) mass is 163 g/mol. The van der Waals surface area contributed by atoms with E-state index in [4.69, 9.17) is 0 Å². The third kappa shape index (κ3) is 1.44. The van der Waals surface area contributed by atoms with Crippen molar-refractivity contribution in [3.8, 4) is 0 Å². The average Bonchev–Trinajstić information content (AvgIpc) is 2.53. The first-order valence-corrected chi connectivity index (χ1v) is 4.11. The molecule has 2 heterocycles. The van der Waals surface area contributed by atoms with Crippen molar-refractivity contribution in [3.05, 3.63) is 24.3 Å². The molecule has 0 aliphatic rings. The zero-order valence-corrected chi connectivity index (χ0v) is 7.63. The van der Waals surface area contributed by atoms with E-state index in [0.29, 0.717) is 0 Å². The number of aryl methyl sites for hydroxylation is 1. The van der Waals surface area contributed by atoms with Crippen molar-refractivity contribution in [2.45, 2.75) is 20.8 Å². The van der Waals surface area contributed by atoms with E-state index in [-0.39, 0.29) is 0 Å². The van der Waals surface area contributed by atoms with Crippen LogP contribution in [0.25, 0.3) is 11.0 Å². The van der Waals surface area contributed by atoms with Gasteiger partial charge in [0.2, 0.25) is 0 Å². The molecule has 0 saturated carbocycles. The summed E-state index contributed by atoms with van der Waals surface area (Å²) < 4.78 is 0. The molecule has 2 aromatic heterocycles. The molecule has 0 bridgehead atoms. The van der Waals surface area contributed by atoms with E-state index < -0.39 is 0 Å². The van der Waals surface area contributed by atoms with Gasteiger partial charge >= 0.3 is 0 Å². The highest BCUT2D eigenvalue weighted by atomic mass is 14.9.